The Kier molecular flexibility index (Phi) is 5.43. The smallest absolute Gasteiger partial charge is 0.337 e. The molecule has 1 aromatic heterocycles. The zero-order chi connectivity index (χ0) is 18.4. The molecule has 132 valence electrons. The average Bonchev–Trinajstić information content (AvgIpc) is 2.68. The number of rotatable bonds is 6. The number of hydrogen-bond donors (Lipinski definition) is 2. The van der Waals surface area contributed by atoms with E-state index in [1.807, 2.05) is 0 Å². The monoisotopic (exact) mass is 348 g/mol. The van der Waals surface area contributed by atoms with Crippen molar-refractivity contribution in [2.45, 2.75) is 13.5 Å². The highest BCUT2D eigenvalue weighted by Crippen LogP contribution is 2.16. The van der Waals surface area contributed by atoms with Crippen molar-refractivity contribution in [1.82, 2.24) is 9.97 Å². The van der Waals surface area contributed by atoms with Gasteiger partial charge in [-0.25, -0.2) is 9.78 Å². The molecule has 3 rings (SSSR count). The van der Waals surface area contributed by atoms with E-state index in [2.05, 4.69) is 51.8 Å². The van der Waals surface area contributed by atoms with E-state index in [0.717, 1.165) is 11.3 Å². The summed E-state index contributed by atoms with van der Waals surface area (Å²) in [6, 6.07) is 17.1. The van der Waals surface area contributed by atoms with Crippen molar-refractivity contribution in [1.29, 1.82) is 0 Å². The molecule has 26 heavy (non-hydrogen) atoms. The Morgan fingerprint density at radius 3 is 2.46 bits per heavy atom. The van der Waals surface area contributed by atoms with E-state index < -0.39 is 0 Å². The Bertz CT molecular complexity index is 877. The van der Waals surface area contributed by atoms with Crippen LogP contribution in [0.4, 0.5) is 17.5 Å². The van der Waals surface area contributed by atoms with Crippen LogP contribution in [0.25, 0.3) is 0 Å². The number of benzene rings is 2. The summed E-state index contributed by atoms with van der Waals surface area (Å²) < 4.78 is 4.69. The normalized spacial score (nSPS) is 10.2. The highest BCUT2D eigenvalue weighted by atomic mass is 16.5. The van der Waals surface area contributed by atoms with E-state index in [-0.39, 0.29) is 5.97 Å². The first-order valence-corrected chi connectivity index (χ1v) is 8.22. The first-order chi connectivity index (χ1) is 12.6. The fraction of sp³-hybridized carbons (Fsp3) is 0.150. The standard InChI is InChI=1S/C20H20N4O2/c1-14-3-5-15(6-4-14)13-22-20-21-12-11-18(24-20)23-17-9-7-16(8-10-17)19(25)26-2/h3-12H,13H2,1-2H3,(H2,21,22,23,24). The second-order valence-corrected chi connectivity index (χ2v) is 5.80. The van der Waals surface area contributed by atoms with Gasteiger partial charge >= 0.3 is 5.97 Å². The lowest BCUT2D eigenvalue weighted by molar-refractivity contribution is 0.0601. The maximum atomic E-state index is 11.5. The molecule has 1 heterocycles. The molecule has 0 saturated heterocycles. The van der Waals surface area contributed by atoms with Crippen LogP contribution in [0.15, 0.2) is 60.8 Å². The summed E-state index contributed by atoms with van der Waals surface area (Å²) in [5, 5.41) is 6.41. The van der Waals surface area contributed by atoms with Crippen LogP contribution in [-0.2, 0) is 11.3 Å². The molecule has 0 aliphatic heterocycles. The third-order valence-electron chi connectivity index (χ3n) is 3.81. The summed E-state index contributed by atoms with van der Waals surface area (Å²) in [6.07, 6.45) is 1.69. The second-order valence-electron chi connectivity index (χ2n) is 5.80. The Labute approximate surface area is 152 Å². The van der Waals surface area contributed by atoms with Gasteiger partial charge in [0.05, 0.1) is 12.7 Å². The fourth-order valence-corrected chi connectivity index (χ4v) is 2.36. The van der Waals surface area contributed by atoms with Crippen molar-refractivity contribution in [3.63, 3.8) is 0 Å². The molecule has 0 amide bonds. The van der Waals surface area contributed by atoms with Crippen LogP contribution < -0.4 is 10.6 Å². The van der Waals surface area contributed by atoms with E-state index in [9.17, 15) is 4.79 Å². The topological polar surface area (TPSA) is 76.1 Å². The van der Waals surface area contributed by atoms with Gasteiger partial charge in [0.15, 0.2) is 0 Å². The minimum Gasteiger partial charge on any atom is -0.465 e. The van der Waals surface area contributed by atoms with E-state index in [4.69, 9.17) is 4.74 Å². The number of aromatic nitrogens is 2. The van der Waals surface area contributed by atoms with Gasteiger partial charge in [-0.3, -0.25) is 0 Å². The molecule has 3 aromatic rings. The summed E-state index contributed by atoms with van der Waals surface area (Å²) in [5.74, 6) is 0.847. The van der Waals surface area contributed by atoms with Gasteiger partial charge in [-0.05, 0) is 42.8 Å². The largest absolute Gasteiger partial charge is 0.465 e. The number of nitrogens with zero attached hydrogens (tertiary/aromatic N) is 2. The van der Waals surface area contributed by atoms with Gasteiger partial charge in [-0.15, -0.1) is 0 Å². The number of ether oxygens (including phenoxy) is 1. The highest BCUT2D eigenvalue weighted by Gasteiger charge is 2.05. The number of esters is 1. The van der Waals surface area contributed by atoms with Crippen LogP contribution in [0.2, 0.25) is 0 Å². The summed E-state index contributed by atoms with van der Waals surface area (Å²) in [7, 11) is 1.36. The van der Waals surface area contributed by atoms with Crippen LogP contribution in [0, 0.1) is 6.92 Å². The van der Waals surface area contributed by atoms with Gasteiger partial charge < -0.3 is 15.4 Å². The van der Waals surface area contributed by atoms with Gasteiger partial charge in [-0.1, -0.05) is 29.8 Å². The molecule has 0 bridgehead atoms. The summed E-state index contributed by atoms with van der Waals surface area (Å²) in [5.41, 5.74) is 3.72. The van der Waals surface area contributed by atoms with Crippen molar-refractivity contribution < 1.29 is 9.53 Å². The van der Waals surface area contributed by atoms with Gasteiger partial charge in [0.25, 0.3) is 0 Å². The summed E-state index contributed by atoms with van der Waals surface area (Å²) in [6.45, 7) is 2.71. The molecule has 0 fully saturated rings. The molecule has 0 aliphatic rings. The van der Waals surface area contributed by atoms with E-state index in [0.29, 0.717) is 23.9 Å². The number of nitrogens with one attached hydrogen (secondary N) is 2. The quantitative estimate of drug-likeness (QED) is 0.658. The van der Waals surface area contributed by atoms with E-state index in [1.165, 1.54) is 12.7 Å². The zero-order valence-electron chi connectivity index (χ0n) is 14.7. The van der Waals surface area contributed by atoms with Crippen LogP contribution in [0.3, 0.4) is 0 Å². The van der Waals surface area contributed by atoms with Gasteiger partial charge in [0.1, 0.15) is 5.82 Å². The Morgan fingerprint density at radius 2 is 1.77 bits per heavy atom. The van der Waals surface area contributed by atoms with Crippen LogP contribution in [-0.4, -0.2) is 23.0 Å². The molecule has 0 spiro atoms. The highest BCUT2D eigenvalue weighted by molar-refractivity contribution is 5.89. The first kappa shape index (κ1) is 17.4. The molecular formula is C20H20N4O2. The minimum absolute atomic E-state index is 0.360. The van der Waals surface area contributed by atoms with E-state index in [1.54, 1.807) is 36.5 Å². The molecule has 2 aromatic carbocycles. The molecule has 0 saturated carbocycles. The second kappa shape index (κ2) is 8.11. The lowest BCUT2D eigenvalue weighted by Crippen LogP contribution is -2.05. The number of carbonyl (C=O) groups excluding carboxylic acids is 1. The minimum atomic E-state index is -0.360. The molecular weight excluding hydrogens is 328 g/mol. The average molecular weight is 348 g/mol. The van der Waals surface area contributed by atoms with Crippen LogP contribution >= 0.6 is 0 Å². The van der Waals surface area contributed by atoms with Crippen molar-refractivity contribution in [2.24, 2.45) is 0 Å². The number of aryl methyl sites for hydroxylation is 1. The molecule has 0 unspecified atom stereocenters. The molecule has 6 heteroatoms. The molecule has 0 aliphatic carbocycles. The predicted molar refractivity (Wildman–Crippen MR) is 102 cm³/mol. The molecule has 6 nitrogen and oxygen atoms in total. The molecule has 0 radical (unpaired) electrons. The number of anilines is 3. The van der Waals surface area contributed by atoms with E-state index >= 15 is 0 Å². The van der Waals surface area contributed by atoms with Gasteiger partial charge in [0.2, 0.25) is 5.95 Å². The lowest BCUT2D eigenvalue weighted by atomic mass is 10.1. The number of methoxy groups -OCH3 is 1. The lowest BCUT2D eigenvalue weighted by Gasteiger charge is -2.09. The van der Waals surface area contributed by atoms with Gasteiger partial charge in [-0.2, -0.15) is 4.98 Å². The van der Waals surface area contributed by atoms with Crippen LogP contribution in [0.1, 0.15) is 21.5 Å². The van der Waals surface area contributed by atoms with Crippen molar-refractivity contribution in [2.75, 3.05) is 17.7 Å². The van der Waals surface area contributed by atoms with Gasteiger partial charge in [0, 0.05) is 18.4 Å². The summed E-state index contributed by atoms with van der Waals surface area (Å²) >= 11 is 0. The fourth-order valence-electron chi connectivity index (χ4n) is 2.36. The Hall–Kier alpha value is -3.41. The van der Waals surface area contributed by atoms with Crippen molar-refractivity contribution >= 4 is 23.4 Å². The summed E-state index contributed by atoms with van der Waals surface area (Å²) in [4.78, 5) is 20.2. The zero-order valence-corrected chi connectivity index (χ0v) is 14.7. The van der Waals surface area contributed by atoms with Crippen molar-refractivity contribution in [3.05, 3.63) is 77.5 Å². The van der Waals surface area contributed by atoms with Crippen LogP contribution in [0.5, 0.6) is 0 Å². The Balaban J connectivity index is 1.63. The number of hydrogen-bond acceptors (Lipinski definition) is 6. The molecule has 2 N–H and O–H groups in total. The van der Waals surface area contributed by atoms with Crippen molar-refractivity contribution in [3.8, 4) is 0 Å². The third-order valence-corrected chi connectivity index (χ3v) is 3.81. The first-order valence-electron chi connectivity index (χ1n) is 8.22. The predicted octanol–water partition coefficient (Wildman–Crippen LogP) is 3.93. The Morgan fingerprint density at radius 1 is 1.04 bits per heavy atom. The number of carbonyl (C=O) groups is 1. The SMILES string of the molecule is COC(=O)c1ccc(Nc2ccnc(NCc3ccc(C)cc3)n2)cc1. The third kappa shape index (κ3) is 4.57. The molecule has 0 atom stereocenters. The maximum absolute atomic E-state index is 11.5. The maximum Gasteiger partial charge on any atom is 0.337 e.